The molecule has 0 saturated carbocycles. The summed E-state index contributed by atoms with van der Waals surface area (Å²) in [6.45, 7) is 6.56. The van der Waals surface area contributed by atoms with Gasteiger partial charge in [0, 0.05) is 18.8 Å². The Morgan fingerprint density at radius 3 is 2.50 bits per heavy atom. The zero-order chi connectivity index (χ0) is 19.5. The highest BCUT2D eigenvalue weighted by atomic mass is 16.1. The van der Waals surface area contributed by atoms with Crippen LogP contribution in [0.2, 0.25) is 0 Å². The van der Waals surface area contributed by atoms with Crippen LogP contribution < -0.4 is 10.2 Å². The Morgan fingerprint density at radius 1 is 1.07 bits per heavy atom. The summed E-state index contributed by atoms with van der Waals surface area (Å²) in [4.78, 5) is 19.6. The highest BCUT2D eigenvalue weighted by Gasteiger charge is 2.19. The summed E-state index contributed by atoms with van der Waals surface area (Å²) in [5.41, 5.74) is 4.07. The van der Waals surface area contributed by atoms with Gasteiger partial charge in [0.15, 0.2) is 0 Å². The van der Waals surface area contributed by atoms with Gasteiger partial charge in [-0.1, -0.05) is 30.3 Å². The Kier molecular flexibility index (Phi) is 5.10. The van der Waals surface area contributed by atoms with Crippen molar-refractivity contribution in [1.29, 1.82) is 0 Å². The largest absolute Gasteiger partial charge is 0.357 e. The van der Waals surface area contributed by atoms with Crippen LogP contribution in [0.4, 0.5) is 11.5 Å². The van der Waals surface area contributed by atoms with Crippen molar-refractivity contribution in [3.63, 3.8) is 0 Å². The van der Waals surface area contributed by atoms with E-state index in [-0.39, 0.29) is 5.91 Å². The lowest BCUT2D eigenvalue weighted by atomic mass is 10.1. The van der Waals surface area contributed by atoms with E-state index in [1.54, 1.807) is 6.20 Å². The quantitative estimate of drug-likeness (QED) is 0.737. The molecular formula is C22H25N5O. The molecule has 6 nitrogen and oxygen atoms in total. The second kappa shape index (κ2) is 7.84. The summed E-state index contributed by atoms with van der Waals surface area (Å²) in [5.74, 6) is 0.823. The maximum atomic E-state index is 12.9. The molecule has 2 aromatic heterocycles. The average Bonchev–Trinajstić information content (AvgIpc) is 3.32. The molecule has 1 saturated heterocycles. The fraction of sp³-hybridized carbons (Fsp3) is 0.318. The third-order valence-electron chi connectivity index (χ3n) is 5.22. The van der Waals surface area contributed by atoms with Crippen LogP contribution in [0.25, 0.3) is 0 Å². The number of nitrogens with zero attached hydrogens (tertiary/aromatic N) is 4. The molecule has 4 rings (SSSR count). The van der Waals surface area contributed by atoms with Crippen LogP contribution in [0.15, 0.2) is 48.7 Å². The molecular weight excluding hydrogens is 350 g/mol. The number of hydrogen-bond donors (Lipinski definition) is 1. The lowest BCUT2D eigenvalue weighted by Crippen LogP contribution is -2.19. The molecule has 0 radical (unpaired) electrons. The van der Waals surface area contributed by atoms with Crippen molar-refractivity contribution in [2.24, 2.45) is 0 Å². The smallest absolute Gasteiger partial charge is 0.259 e. The van der Waals surface area contributed by atoms with E-state index in [0.29, 0.717) is 17.8 Å². The molecule has 1 fully saturated rings. The number of benzene rings is 1. The zero-order valence-electron chi connectivity index (χ0n) is 16.4. The molecule has 6 heteroatoms. The Hall–Kier alpha value is -3.15. The Morgan fingerprint density at radius 2 is 1.82 bits per heavy atom. The van der Waals surface area contributed by atoms with Crippen LogP contribution in [-0.4, -0.2) is 33.8 Å². The minimum absolute atomic E-state index is 0.148. The van der Waals surface area contributed by atoms with Crippen LogP contribution >= 0.6 is 0 Å². The summed E-state index contributed by atoms with van der Waals surface area (Å²) in [5, 5.41) is 7.53. The molecule has 0 spiro atoms. The standard InChI is InChI=1S/C22H25N5O/c1-16-21(17(2)27(25-16)15-18-8-4-3-5-9-18)22(28)24-19-10-11-20(23-14-19)26-12-6-7-13-26/h3-5,8-11,14H,6-7,12-13,15H2,1-2H3,(H,24,28). The third-order valence-corrected chi connectivity index (χ3v) is 5.22. The van der Waals surface area contributed by atoms with E-state index >= 15 is 0 Å². The van der Waals surface area contributed by atoms with Gasteiger partial charge in [0.05, 0.1) is 29.7 Å². The van der Waals surface area contributed by atoms with Crippen molar-refractivity contribution < 1.29 is 4.79 Å². The van der Waals surface area contributed by atoms with Gasteiger partial charge in [-0.05, 0) is 44.4 Å². The molecule has 0 bridgehead atoms. The molecule has 1 amide bonds. The summed E-state index contributed by atoms with van der Waals surface area (Å²) in [6, 6.07) is 14.0. The van der Waals surface area contributed by atoms with E-state index in [2.05, 4.69) is 32.4 Å². The minimum Gasteiger partial charge on any atom is -0.357 e. The maximum Gasteiger partial charge on any atom is 0.259 e. The predicted molar refractivity (Wildman–Crippen MR) is 111 cm³/mol. The minimum atomic E-state index is -0.148. The van der Waals surface area contributed by atoms with Gasteiger partial charge in [0.1, 0.15) is 5.82 Å². The summed E-state index contributed by atoms with van der Waals surface area (Å²) in [7, 11) is 0. The van der Waals surface area contributed by atoms with Crippen LogP contribution in [0.1, 0.15) is 40.2 Å². The molecule has 0 unspecified atom stereocenters. The number of hydrogen-bond acceptors (Lipinski definition) is 4. The number of amides is 1. The fourth-order valence-electron chi connectivity index (χ4n) is 3.72. The van der Waals surface area contributed by atoms with E-state index in [4.69, 9.17) is 0 Å². The van der Waals surface area contributed by atoms with Crippen LogP contribution in [-0.2, 0) is 6.54 Å². The normalized spacial score (nSPS) is 13.7. The first-order valence-electron chi connectivity index (χ1n) is 9.72. The van der Waals surface area contributed by atoms with Crippen LogP contribution in [0, 0.1) is 13.8 Å². The first kappa shape index (κ1) is 18.2. The van der Waals surface area contributed by atoms with Gasteiger partial charge in [-0.3, -0.25) is 9.48 Å². The average molecular weight is 375 g/mol. The van der Waals surface area contributed by atoms with Crippen molar-refractivity contribution in [1.82, 2.24) is 14.8 Å². The number of aromatic nitrogens is 3. The first-order valence-corrected chi connectivity index (χ1v) is 9.72. The van der Waals surface area contributed by atoms with Crippen molar-refractivity contribution in [2.45, 2.75) is 33.2 Å². The fourth-order valence-corrected chi connectivity index (χ4v) is 3.72. The molecule has 3 aromatic rings. The van der Waals surface area contributed by atoms with Gasteiger partial charge >= 0.3 is 0 Å². The van der Waals surface area contributed by atoms with Gasteiger partial charge in [-0.2, -0.15) is 5.10 Å². The van der Waals surface area contributed by atoms with Crippen LogP contribution in [0.3, 0.4) is 0 Å². The molecule has 3 heterocycles. The van der Waals surface area contributed by atoms with Crippen molar-refractivity contribution >= 4 is 17.4 Å². The molecule has 1 aliphatic rings. The third kappa shape index (κ3) is 3.76. The van der Waals surface area contributed by atoms with E-state index in [9.17, 15) is 4.79 Å². The Bertz CT molecular complexity index is 957. The number of anilines is 2. The van der Waals surface area contributed by atoms with Gasteiger partial charge in [0.2, 0.25) is 0 Å². The molecule has 1 aliphatic heterocycles. The molecule has 144 valence electrons. The van der Waals surface area contributed by atoms with Gasteiger partial charge in [-0.15, -0.1) is 0 Å². The number of nitrogens with one attached hydrogen (secondary N) is 1. The topological polar surface area (TPSA) is 63.1 Å². The maximum absolute atomic E-state index is 12.9. The Balaban J connectivity index is 1.48. The number of aryl methyl sites for hydroxylation is 1. The number of carbonyl (C=O) groups excluding carboxylic acids is 1. The molecule has 0 aliphatic carbocycles. The number of carbonyl (C=O) groups is 1. The van der Waals surface area contributed by atoms with E-state index in [1.165, 1.54) is 12.8 Å². The predicted octanol–water partition coefficient (Wildman–Crippen LogP) is 3.80. The lowest BCUT2D eigenvalue weighted by Gasteiger charge is -2.16. The second-order valence-corrected chi connectivity index (χ2v) is 7.24. The van der Waals surface area contributed by atoms with E-state index in [1.807, 2.05) is 48.9 Å². The van der Waals surface area contributed by atoms with E-state index < -0.39 is 0 Å². The van der Waals surface area contributed by atoms with Crippen molar-refractivity contribution in [2.75, 3.05) is 23.3 Å². The SMILES string of the molecule is Cc1nn(Cc2ccccc2)c(C)c1C(=O)Nc1ccc(N2CCCC2)nc1. The van der Waals surface area contributed by atoms with Gasteiger partial charge in [-0.25, -0.2) is 4.98 Å². The summed E-state index contributed by atoms with van der Waals surface area (Å²) >= 11 is 0. The van der Waals surface area contributed by atoms with E-state index in [0.717, 1.165) is 35.9 Å². The monoisotopic (exact) mass is 375 g/mol. The van der Waals surface area contributed by atoms with Crippen molar-refractivity contribution in [3.05, 3.63) is 71.2 Å². The molecule has 0 atom stereocenters. The van der Waals surface area contributed by atoms with Gasteiger partial charge in [0.25, 0.3) is 5.91 Å². The second-order valence-electron chi connectivity index (χ2n) is 7.24. The first-order chi connectivity index (χ1) is 13.6. The zero-order valence-corrected chi connectivity index (χ0v) is 16.4. The highest BCUT2D eigenvalue weighted by molar-refractivity contribution is 6.05. The Labute approximate surface area is 165 Å². The number of pyridine rings is 1. The van der Waals surface area contributed by atoms with Crippen LogP contribution in [0.5, 0.6) is 0 Å². The van der Waals surface area contributed by atoms with Gasteiger partial charge < -0.3 is 10.2 Å². The number of rotatable bonds is 5. The van der Waals surface area contributed by atoms with Crippen molar-refractivity contribution in [3.8, 4) is 0 Å². The summed E-state index contributed by atoms with van der Waals surface area (Å²) < 4.78 is 1.88. The highest BCUT2D eigenvalue weighted by Crippen LogP contribution is 2.21. The molecule has 1 N–H and O–H groups in total. The lowest BCUT2D eigenvalue weighted by molar-refractivity contribution is 0.102. The molecule has 28 heavy (non-hydrogen) atoms. The molecule has 1 aromatic carbocycles. The summed E-state index contributed by atoms with van der Waals surface area (Å²) in [6.07, 6.45) is 4.15.